The molecule has 3 aliphatic heterocycles. The van der Waals surface area contributed by atoms with Gasteiger partial charge in [0.2, 0.25) is 100 Å². The molecule has 25 N–H and O–H groups in total. The Labute approximate surface area is 814 Å². The molecule has 3 aliphatic rings. The molecule has 45 nitrogen and oxygen atoms in total. The minimum absolute atomic E-state index is 0.0296. The number of aliphatic hydroxyl groups is 1. The molecule has 17 amide bonds. The number of unbranched alkanes of at least 4 members (excludes halogenated alkanes) is 1. The van der Waals surface area contributed by atoms with Gasteiger partial charge in [0.25, 0.3) is 0 Å². The molecule has 46 heteroatoms. The van der Waals surface area contributed by atoms with Gasteiger partial charge in [-0.25, -0.2) is 4.98 Å². The van der Waals surface area contributed by atoms with Gasteiger partial charge in [0.05, 0.1) is 36.8 Å². The number of fused-ring (bicyclic) bond motifs is 5. The largest absolute Gasteiger partial charge is 0.508 e. The molecule has 0 unspecified atom stereocenters. The third-order valence-corrected chi connectivity index (χ3v) is 26.5. The lowest BCUT2D eigenvalue weighted by molar-refractivity contribution is -0.149. The Morgan fingerprint density at radius 1 is 0.496 bits per heavy atom. The van der Waals surface area contributed by atoms with Crippen molar-refractivity contribution in [1.82, 2.24) is 103 Å². The number of carbonyl (C=O) groups is 18. The molecule has 11 rings (SSSR count). The number of rotatable bonds is 26. The molecule has 0 spiro atoms. The fourth-order valence-corrected chi connectivity index (χ4v) is 18.5. The lowest BCUT2D eigenvalue weighted by atomic mass is 9.99. The molecular weight excluding hydrogens is 1850 g/mol. The number of aliphatic hydroxyl groups excluding tert-OH is 1. The number of aliphatic carboxylic acids is 1. The molecule has 7 heterocycles. The maximum Gasteiger partial charge on any atom is 0.303 e. The number of carbonyl (C=O) groups excluding carboxylic acids is 17. The quantitative estimate of drug-likeness (QED) is 0.0261. The lowest BCUT2D eigenvalue weighted by Crippen LogP contribution is -2.61. The summed E-state index contributed by atoms with van der Waals surface area (Å²) in [4.78, 5) is 287. The Balaban J connectivity index is 0.972. The Bertz CT molecular complexity index is 5850. The molecule has 756 valence electrons. The van der Waals surface area contributed by atoms with Gasteiger partial charge in [-0.3, -0.25) is 86.3 Å². The predicted molar refractivity (Wildman–Crippen MR) is 515 cm³/mol. The second kappa shape index (κ2) is 50.2. The number of carboxylic acid groups (broad SMARTS) is 1. The highest BCUT2D eigenvalue weighted by molar-refractivity contribution is 8.00. The molecule has 4 aromatic carbocycles. The number of aromatic nitrogens is 5. The van der Waals surface area contributed by atoms with E-state index in [1.54, 1.807) is 91.4 Å². The predicted octanol–water partition coefficient (Wildman–Crippen LogP) is -2.74. The van der Waals surface area contributed by atoms with E-state index in [-0.39, 0.29) is 95.3 Å². The first-order chi connectivity index (χ1) is 67.4. The average molecular weight is 1970 g/mol. The molecule has 0 radical (unpaired) electrons. The van der Waals surface area contributed by atoms with Crippen molar-refractivity contribution in [2.45, 2.75) is 214 Å². The minimum atomic E-state index is -1.85. The molecule has 8 aromatic rings. The van der Waals surface area contributed by atoms with E-state index in [9.17, 15) is 58.5 Å². The molecule has 0 bridgehead atoms. The summed E-state index contributed by atoms with van der Waals surface area (Å²) in [6, 6.07) is 4.14. The number of thioether (sulfide) groups is 1. The van der Waals surface area contributed by atoms with Crippen LogP contribution in [0.4, 0.5) is 0 Å². The van der Waals surface area contributed by atoms with Crippen molar-refractivity contribution >= 4 is 151 Å². The fraction of sp³-hybridized carbons (Fsp3) is 0.463. The maximum atomic E-state index is 16.0. The molecule has 4 aromatic heterocycles. The molecule has 3 fully saturated rings. The number of carboxylic acids is 1. The number of hydrogen-bond donors (Lipinski definition) is 21. The zero-order valence-corrected chi connectivity index (χ0v) is 79.7. The summed E-state index contributed by atoms with van der Waals surface area (Å²) in [6.45, 7) is 1.31. The van der Waals surface area contributed by atoms with Gasteiger partial charge in [-0.2, -0.15) is 0 Å². The van der Waals surface area contributed by atoms with E-state index in [1.807, 2.05) is 6.92 Å². The summed E-state index contributed by atoms with van der Waals surface area (Å²) in [7, 11) is 3.91. The SMILES string of the molecule is CCCC[C@H]1C(=O)N(C)[C@@H](Cc2c[nH]c3ccccc23)C(=O)N[C@@H](CCCN)C(=O)N[C@H](C(=O)NCC(N)=O)CSCC(=O)N[C@@H](Cc2ccc(O)cc2)C(=O)N(C)[C@@H](C)C(=O)N[C@@H](CC(N)=O)C(=O)N2CCC[C@H]2C(=O)N[C@@H](Cc2c[nH]cn2)C(=O)N[C@@H](CCC(=O)O)C(=O)N2C[C@H](O)C[C@H]2C(=O)N[C@@H](Cc2c[nH]c3ccccc23)C(=O)N[C@@H](CCN)C(=O)N[C@@H](Cc2c[nH]c3ccccc23)C(=O)N1C. The lowest BCUT2D eigenvalue weighted by Gasteiger charge is -2.36. The Hall–Kier alpha value is -14.8. The number of para-hydroxylation sites is 3. The highest BCUT2D eigenvalue weighted by Crippen LogP contribution is 2.29. The monoisotopic (exact) mass is 1970 g/mol. The summed E-state index contributed by atoms with van der Waals surface area (Å²) in [6.07, 6.45) is 2.14. The van der Waals surface area contributed by atoms with E-state index in [0.29, 0.717) is 67.8 Å². The molecule has 141 heavy (non-hydrogen) atoms. The van der Waals surface area contributed by atoms with Crippen LogP contribution in [-0.4, -0.2) is 327 Å². The number of nitrogens with two attached hydrogens (primary N) is 4. The normalized spacial score (nSPS) is 24.2. The van der Waals surface area contributed by atoms with E-state index in [4.69, 9.17) is 22.9 Å². The zero-order chi connectivity index (χ0) is 102. The Morgan fingerprint density at radius 3 is 1.60 bits per heavy atom. The fourth-order valence-electron chi connectivity index (χ4n) is 17.7. The van der Waals surface area contributed by atoms with Crippen LogP contribution in [0.15, 0.2) is 128 Å². The van der Waals surface area contributed by atoms with Crippen molar-refractivity contribution < 1.29 is 102 Å². The summed E-state index contributed by atoms with van der Waals surface area (Å²) >= 11 is 0.762. The van der Waals surface area contributed by atoms with E-state index in [0.717, 1.165) is 36.3 Å². The van der Waals surface area contributed by atoms with Gasteiger partial charge >= 0.3 is 5.97 Å². The number of nitrogens with zero attached hydrogens (tertiary/aromatic N) is 6. The van der Waals surface area contributed by atoms with E-state index in [2.05, 4.69) is 78.1 Å². The van der Waals surface area contributed by atoms with Crippen LogP contribution in [0.5, 0.6) is 5.75 Å². The molecule has 0 saturated carbocycles. The third kappa shape index (κ3) is 28.3. The smallest absolute Gasteiger partial charge is 0.303 e. The van der Waals surface area contributed by atoms with Crippen LogP contribution in [-0.2, 0) is 118 Å². The number of H-pyrrole nitrogens is 4. The van der Waals surface area contributed by atoms with E-state index >= 15 is 43.2 Å². The number of amides is 17. The summed E-state index contributed by atoms with van der Waals surface area (Å²) in [5.41, 5.74) is 27.5. The second-order valence-electron chi connectivity index (χ2n) is 35.5. The Morgan fingerprint density at radius 2 is 1.01 bits per heavy atom. The van der Waals surface area contributed by atoms with Crippen molar-refractivity contribution in [2.24, 2.45) is 22.9 Å². The van der Waals surface area contributed by atoms with Crippen molar-refractivity contribution in [2.75, 3.05) is 65.4 Å². The van der Waals surface area contributed by atoms with Gasteiger partial charge in [-0.15, -0.1) is 11.8 Å². The van der Waals surface area contributed by atoms with Crippen LogP contribution >= 0.6 is 11.8 Å². The number of imidazole rings is 1. The Kier molecular flexibility index (Phi) is 37.9. The number of phenolic OH excluding ortho intramolecular Hbond substituents is 1. The van der Waals surface area contributed by atoms with E-state index in [1.165, 1.54) is 64.9 Å². The topological polar surface area (TPSA) is 685 Å². The first kappa shape index (κ1) is 107. The second-order valence-corrected chi connectivity index (χ2v) is 36.6. The first-order valence-electron chi connectivity index (χ1n) is 46.7. The van der Waals surface area contributed by atoms with Gasteiger partial charge in [0.15, 0.2) is 0 Å². The van der Waals surface area contributed by atoms with Crippen LogP contribution in [0, 0.1) is 0 Å². The maximum absolute atomic E-state index is 16.0. The molecule has 3 saturated heterocycles. The average Bonchev–Trinajstić information content (AvgIpc) is 1.63. The molecule has 0 aliphatic carbocycles. The van der Waals surface area contributed by atoms with Crippen LogP contribution in [0.3, 0.4) is 0 Å². The van der Waals surface area contributed by atoms with Gasteiger partial charge < -0.3 is 136 Å². The van der Waals surface area contributed by atoms with Gasteiger partial charge in [0.1, 0.15) is 90.3 Å². The molecule has 15 atom stereocenters. The number of likely N-dealkylation sites (N-methyl/N-ethyl adjacent to an activating group) is 3. The highest BCUT2D eigenvalue weighted by Gasteiger charge is 2.47. The third-order valence-electron chi connectivity index (χ3n) is 25.5. The van der Waals surface area contributed by atoms with Crippen molar-refractivity contribution in [1.29, 1.82) is 0 Å². The van der Waals surface area contributed by atoms with Gasteiger partial charge in [0, 0.05) is 142 Å². The standard InChI is InChI=1S/C95H124N24O21S/c1-6-7-23-75-95(140)117(5)76(38-55-44-103-64-21-13-10-18-61(55)64)89(134)108-65(22-14-32-96)84(129)114-73(83(128)104-46-79(99)123)48-141-49-80(124)106-70(35-52-25-27-57(120)28-26-52)91(136)115(3)51(2)82(127)112-72(41-78(98)122)94(139)118-34-15-24-74(118)88(133)111-69(39-56-45-100-50-105-56)87(132)109-67(29-30-81(125)126)93(138)119-47-58(121)40-77(119)90(135)110-68(36-53-42-101-62-19-11-8-16-59(53)62)86(131)107-66(31-33-97)85(130)113-71(92(137)116(75)4)37-54-43-102-63-20-12-9-17-60(54)63/h8-13,16-21,25-28,42-45,50-51,58,65-77,101-103,120-121H,6-7,14-15,22-24,29-41,46-49,96-97H2,1-5H3,(H2,98,122)(H2,99,123)(H,100,105)(H,104,128)(H,106,124)(H,107,131)(H,108,134)(H,109,132)(H,110,135)(H,111,133)(H,112,127)(H,113,130)(H,114,129)(H,125,126)/t51-,58+,65-,66-,67-,68-,69-,70-,71-,72-,73-,74-,75-,76-,77-/m0/s1. The number of aromatic hydroxyl groups is 1. The number of hydrogen-bond acceptors (Lipinski definition) is 24. The first-order valence-corrected chi connectivity index (χ1v) is 47.9. The van der Waals surface area contributed by atoms with Crippen LogP contribution < -0.4 is 76.1 Å². The van der Waals surface area contributed by atoms with Crippen molar-refractivity contribution in [3.63, 3.8) is 0 Å². The van der Waals surface area contributed by atoms with Gasteiger partial charge in [-0.05, 0) is 118 Å². The number of aromatic amines is 4. The van der Waals surface area contributed by atoms with Crippen molar-refractivity contribution in [3.05, 3.63) is 156 Å². The zero-order valence-electron chi connectivity index (χ0n) is 78.8. The number of phenols is 1. The van der Waals surface area contributed by atoms with Crippen LogP contribution in [0.1, 0.15) is 119 Å². The van der Waals surface area contributed by atoms with E-state index < -0.39 is 254 Å². The van der Waals surface area contributed by atoms with Gasteiger partial charge in [-0.1, -0.05) is 86.5 Å². The molecular formula is C95H124N24O21S. The summed E-state index contributed by atoms with van der Waals surface area (Å²) in [5, 5.41) is 60.3. The highest BCUT2D eigenvalue weighted by atomic mass is 32.2. The van der Waals surface area contributed by atoms with Crippen LogP contribution in [0.25, 0.3) is 32.7 Å². The van der Waals surface area contributed by atoms with Crippen LogP contribution in [0.2, 0.25) is 0 Å². The number of primary amides is 2. The van der Waals surface area contributed by atoms with Crippen molar-refractivity contribution in [3.8, 4) is 5.75 Å². The number of benzene rings is 4. The summed E-state index contributed by atoms with van der Waals surface area (Å²) < 4.78 is 0. The summed E-state index contributed by atoms with van der Waals surface area (Å²) in [5.74, 6) is -19.2. The minimum Gasteiger partial charge on any atom is -0.508 e. The number of nitrogens with one attached hydrogen (secondary N) is 14.